The van der Waals surface area contributed by atoms with E-state index in [0.29, 0.717) is 6.54 Å². The molecule has 3 heterocycles. The van der Waals surface area contributed by atoms with Crippen LogP contribution in [-0.2, 0) is 16.8 Å². The fourth-order valence-electron chi connectivity index (χ4n) is 5.04. The zero-order valence-electron chi connectivity index (χ0n) is 16.4. The van der Waals surface area contributed by atoms with Crippen LogP contribution in [0.5, 0.6) is 0 Å². The number of anilines is 1. The molecule has 0 unspecified atom stereocenters. The molecule has 1 saturated heterocycles. The number of aromatic nitrogens is 1. The van der Waals surface area contributed by atoms with E-state index < -0.39 is 6.61 Å². The summed E-state index contributed by atoms with van der Waals surface area (Å²) in [6.45, 7) is 3.10. The van der Waals surface area contributed by atoms with Crippen molar-refractivity contribution in [1.82, 2.24) is 9.88 Å². The second-order valence-corrected chi connectivity index (χ2v) is 8.20. The highest BCUT2D eigenvalue weighted by atomic mass is 16.3. The van der Waals surface area contributed by atoms with Gasteiger partial charge in [-0.2, -0.15) is 0 Å². The SMILES string of the molecule is O=C(CO)N1CC2(CCN(Cc3cccc4cccnc34)CC2)c2ccccc21. The summed E-state index contributed by atoms with van der Waals surface area (Å²) >= 11 is 0. The van der Waals surface area contributed by atoms with Crippen LogP contribution < -0.4 is 4.90 Å². The van der Waals surface area contributed by atoms with E-state index in [1.807, 2.05) is 24.4 Å². The molecule has 5 nitrogen and oxygen atoms in total. The smallest absolute Gasteiger partial charge is 0.252 e. The molecule has 1 fully saturated rings. The summed E-state index contributed by atoms with van der Waals surface area (Å²) < 4.78 is 0. The van der Waals surface area contributed by atoms with E-state index in [0.717, 1.165) is 43.7 Å². The number of aliphatic hydroxyl groups excluding tert-OH is 1. The summed E-state index contributed by atoms with van der Waals surface area (Å²) in [6.07, 6.45) is 3.88. The van der Waals surface area contributed by atoms with E-state index >= 15 is 0 Å². The lowest BCUT2D eigenvalue weighted by atomic mass is 9.74. The monoisotopic (exact) mass is 387 g/mol. The average molecular weight is 387 g/mol. The quantitative estimate of drug-likeness (QED) is 0.750. The molecule has 5 rings (SSSR count). The molecule has 1 amide bonds. The molecule has 5 heteroatoms. The average Bonchev–Trinajstić information content (AvgIpc) is 3.09. The maximum Gasteiger partial charge on any atom is 0.252 e. The van der Waals surface area contributed by atoms with Crippen LogP contribution in [-0.4, -0.2) is 47.1 Å². The van der Waals surface area contributed by atoms with Gasteiger partial charge >= 0.3 is 0 Å². The lowest BCUT2D eigenvalue weighted by Crippen LogP contribution is -2.46. The lowest BCUT2D eigenvalue weighted by molar-refractivity contribution is -0.121. The second-order valence-electron chi connectivity index (χ2n) is 8.20. The Kier molecular flexibility index (Phi) is 4.57. The van der Waals surface area contributed by atoms with Gasteiger partial charge in [0, 0.05) is 35.8 Å². The minimum atomic E-state index is -0.440. The van der Waals surface area contributed by atoms with E-state index in [2.05, 4.69) is 46.3 Å². The van der Waals surface area contributed by atoms with Crippen LogP contribution in [0.15, 0.2) is 60.8 Å². The van der Waals surface area contributed by atoms with Gasteiger partial charge in [-0.3, -0.25) is 14.7 Å². The van der Waals surface area contributed by atoms with Crippen molar-refractivity contribution in [2.45, 2.75) is 24.8 Å². The molecule has 1 N–H and O–H groups in total. The number of rotatable bonds is 3. The third kappa shape index (κ3) is 3.11. The maximum absolute atomic E-state index is 12.3. The van der Waals surface area contributed by atoms with Gasteiger partial charge in [0.25, 0.3) is 5.91 Å². The molecule has 148 valence electrons. The number of pyridine rings is 1. The van der Waals surface area contributed by atoms with Crippen LogP contribution in [0.1, 0.15) is 24.0 Å². The molecule has 2 aliphatic heterocycles. The number of nitrogens with zero attached hydrogens (tertiary/aromatic N) is 3. The fourth-order valence-corrected chi connectivity index (χ4v) is 5.04. The molecule has 1 aromatic heterocycles. The van der Waals surface area contributed by atoms with Gasteiger partial charge in [-0.05, 0) is 49.2 Å². The number of piperidine rings is 1. The predicted molar refractivity (Wildman–Crippen MR) is 114 cm³/mol. The number of amides is 1. The van der Waals surface area contributed by atoms with Crippen LogP contribution in [0.4, 0.5) is 5.69 Å². The zero-order chi connectivity index (χ0) is 19.8. The number of hydrogen-bond donors (Lipinski definition) is 1. The highest BCUT2D eigenvalue weighted by molar-refractivity contribution is 5.97. The van der Waals surface area contributed by atoms with Crippen LogP contribution >= 0.6 is 0 Å². The summed E-state index contributed by atoms with van der Waals surface area (Å²) in [5, 5.41) is 10.6. The highest BCUT2D eigenvalue weighted by Gasteiger charge is 2.45. The fraction of sp³-hybridized carbons (Fsp3) is 0.333. The van der Waals surface area contributed by atoms with E-state index in [1.165, 1.54) is 16.5 Å². The van der Waals surface area contributed by atoms with Gasteiger partial charge in [-0.25, -0.2) is 0 Å². The van der Waals surface area contributed by atoms with Crippen molar-refractivity contribution in [2.75, 3.05) is 31.1 Å². The molecule has 29 heavy (non-hydrogen) atoms. The number of carbonyl (C=O) groups excluding carboxylic acids is 1. The van der Waals surface area contributed by atoms with E-state index in [1.54, 1.807) is 4.90 Å². The minimum absolute atomic E-state index is 0.00503. The summed E-state index contributed by atoms with van der Waals surface area (Å²) in [6, 6.07) is 18.7. The number of carbonyl (C=O) groups is 1. The molecule has 0 aliphatic carbocycles. The number of fused-ring (bicyclic) bond motifs is 3. The molecule has 0 radical (unpaired) electrons. The van der Waals surface area contributed by atoms with Crippen molar-refractivity contribution < 1.29 is 9.90 Å². The summed E-state index contributed by atoms with van der Waals surface area (Å²) in [5.74, 6) is -0.210. The van der Waals surface area contributed by atoms with Crippen molar-refractivity contribution in [3.8, 4) is 0 Å². The Morgan fingerprint density at radius 1 is 1.03 bits per heavy atom. The number of benzene rings is 2. The molecule has 1 spiro atoms. The Balaban J connectivity index is 1.36. The van der Waals surface area contributed by atoms with Crippen LogP contribution in [0.3, 0.4) is 0 Å². The lowest BCUT2D eigenvalue weighted by Gasteiger charge is -2.40. The first-order chi connectivity index (χ1) is 14.2. The van der Waals surface area contributed by atoms with Gasteiger partial charge in [-0.1, -0.05) is 42.5 Å². The molecular weight excluding hydrogens is 362 g/mol. The Labute approximate surface area is 170 Å². The molecule has 2 aliphatic rings. The molecular formula is C24H25N3O2. The van der Waals surface area contributed by atoms with Gasteiger partial charge < -0.3 is 10.0 Å². The van der Waals surface area contributed by atoms with Crippen molar-refractivity contribution in [2.24, 2.45) is 0 Å². The highest BCUT2D eigenvalue weighted by Crippen LogP contribution is 2.47. The molecule has 3 aromatic rings. The first kappa shape index (κ1) is 18.3. The summed E-state index contributed by atoms with van der Waals surface area (Å²) in [4.78, 5) is 21.2. The van der Waals surface area contributed by atoms with E-state index in [-0.39, 0.29) is 11.3 Å². The Morgan fingerprint density at radius 3 is 2.66 bits per heavy atom. The normalized spacial score (nSPS) is 18.3. The van der Waals surface area contributed by atoms with Gasteiger partial charge in [0.2, 0.25) is 0 Å². The summed E-state index contributed by atoms with van der Waals surface area (Å²) in [5.41, 5.74) is 4.57. The summed E-state index contributed by atoms with van der Waals surface area (Å²) in [7, 11) is 0. The van der Waals surface area contributed by atoms with Crippen LogP contribution in [0.2, 0.25) is 0 Å². The van der Waals surface area contributed by atoms with Gasteiger partial charge in [0.1, 0.15) is 6.61 Å². The zero-order valence-corrected chi connectivity index (χ0v) is 16.4. The third-order valence-corrected chi connectivity index (χ3v) is 6.59. The largest absolute Gasteiger partial charge is 0.387 e. The van der Waals surface area contributed by atoms with Crippen molar-refractivity contribution in [1.29, 1.82) is 0 Å². The van der Waals surface area contributed by atoms with Crippen molar-refractivity contribution in [3.63, 3.8) is 0 Å². The van der Waals surface area contributed by atoms with Gasteiger partial charge in [-0.15, -0.1) is 0 Å². The molecule has 0 bridgehead atoms. The number of aliphatic hydroxyl groups is 1. The predicted octanol–water partition coefficient (Wildman–Crippen LogP) is 3.11. The standard InChI is InChI=1S/C24H25N3O2/c28-16-22(29)27-17-24(20-8-1-2-9-21(20)27)10-13-26(14-11-24)15-19-6-3-5-18-7-4-12-25-23(18)19/h1-9,12,28H,10-11,13-17H2. The Bertz CT molecular complexity index is 1050. The topological polar surface area (TPSA) is 56.7 Å². The Hall–Kier alpha value is -2.76. The number of hydrogen-bond acceptors (Lipinski definition) is 4. The second kappa shape index (κ2) is 7.25. The third-order valence-electron chi connectivity index (χ3n) is 6.59. The van der Waals surface area contributed by atoms with Crippen molar-refractivity contribution >= 4 is 22.5 Å². The first-order valence-electron chi connectivity index (χ1n) is 10.3. The minimum Gasteiger partial charge on any atom is -0.387 e. The van der Waals surface area contributed by atoms with Gasteiger partial charge in [0.15, 0.2) is 0 Å². The van der Waals surface area contributed by atoms with Crippen molar-refractivity contribution in [3.05, 3.63) is 71.9 Å². The number of likely N-dealkylation sites (tertiary alicyclic amines) is 1. The molecule has 0 saturated carbocycles. The van der Waals surface area contributed by atoms with E-state index in [4.69, 9.17) is 0 Å². The van der Waals surface area contributed by atoms with E-state index in [9.17, 15) is 9.90 Å². The molecule has 2 aromatic carbocycles. The first-order valence-corrected chi connectivity index (χ1v) is 10.3. The van der Waals surface area contributed by atoms with Gasteiger partial charge in [0.05, 0.1) is 5.52 Å². The Morgan fingerprint density at radius 2 is 1.83 bits per heavy atom. The van der Waals surface area contributed by atoms with Crippen LogP contribution in [0.25, 0.3) is 10.9 Å². The number of para-hydroxylation sites is 2. The maximum atomic E-state index is 12.3. The molecule has 0 atom stereocenters. The van der Waals surface area contributed by atoms with Crippen LogP contribution in [0, 0.1) is 0 Å².